The van der Waals surface area contributed by atoms with Crippen LogP contribution in [0.5, 0.6) is 0 Å². The average molecular weight is 294 g/mol. The van der Waals surface area contributed by atoms with Crippen LogP contribution in [0, 0.1) is 12.3 Å². The molecular formula is C15H14N6O. The van der Waals surface area contributed by atoms with Gasteiger partial charge in [-0.15, -0.1) is 0 Å². The molecule has 22 heavy (non-hydrogen) atoms. The molecule has 0 atom stereocenters. The smallest absolute Gasteiger partial charge is 0.167 e. The van der Waals surface area contributed by atoms with Crippen molar-refractivity contribution in [3.05, 3.63) is 47.9 Å². The Morgan fingerprint density at radius 1 is 1.32 bits per heavy atom. The van der Waals surface area contributed by atoms with Gasteiger partial charge in [0.1, 0.15) is 22.6 Å². The topological polar surface area (TPSA) is 85.5 Å². The lowest BCUT2D eigenvalue weighted by molar-refractivity contribution is 0.486. The largest absolute Gasteiger partial charge is 0.467 e. The highest BCUT2D eigenvalue weighted by Gasteiger charge is 2.10. The summed E-state index contributed by atoms with van der Waals surface area (Å²) in [4.78, 5) is 13.4. The van der Waals surface area contributed by atoms with E-state index < -0.39 is 0 Å². The molecule has 4 aromatic rings. The van der Waals surface area contributed by atoms with Crippen LogP contribution in [0.4, 0.5) is 0 Å². The highest BCUT2D eigenvalue weighted by atomic mass is 16.3. The Morgan fingerprint density at radius 2 is 2.18 bits per heavy atom. The molecule has 0 saturated carbocycles. The Kier molecular flexibility index (Phi) is 2.62. The van der Waals surface area contributed by atoms with Gasteiger partial charge in [-0.1, -0.05) is 0 Å². The Hall–Kier alpha value is -2.96. The molecule has 4 aromatic heterocycles. The molecule has 0 aromatic carbocycles. The van der Waals surface area contributed by atoms with Gasteiger partial charge in [0.15, 0.2) is 11.3 Å². The first-order valence-electron chi connectivity index (χ1n) is 6.89. The zero-order valence-corrected chi connectivity index (χ0v) is 12.2. The third kappa shape index (κ3) is 1.82. The molecule has 0 unspecified atom stereocenters. The van der Waals surface area contributed by atoms with E-state index in [1.165, 1.54) is 0 Å². The normalized spacial score (nSPS) is 11.5. The van der Waals surface area contributed by atoms with Gasteiger partial charge < -0.3 is 13.6 Å². The molecule has 0 radical (unpaired) electrons. The van der Waals surface area contributed by atoms with Crippen molar-refractivity contribution in [2.24, 2.45) is 7.05 Å². The Labute approximate surface area is 125 Å². The molecule has 7 heteroatoms. The van der Waals surface area contributed by atoms with Crippen molar-refractivity contribution in [3.8, 4) is 0 Å². The van der Waals surface area contributed by atoms with Gasteiger partial charge >= 0.3 is 0 Å². The van der Waals surface area contributed by atoms with Gasteiger partial charge in [0.25, 0.3) is 0 Å². The lowest BCUT2D eigenvalue weighted by atomic mass is 10.3. The maximum Gasteiger partial charge on any atom is 0.167 e. The fourth-order valence-electron chi connectivity index (χ4n) is 2.52. The third-order valence-electron chi connectivity index (χ3n) is 3.82. The molecule has 0 aliphatic rings. The van der Waals surface area contributed by atoms with Gasteiger partial charge in [-0.25, -0.2) is 15.0 Å². The van der Waals surface area contributed by atoms with Crippen LogP contribution >= 0.6 is 0 Å². The first kappa shape index (κ1) is 12.8. The first-order valence-corrected chi connectivity index (χ1v) is 6.89. The van der Waals surface area contributed by atoms with E-state index >= 15 is 0 Å². The van der Waals surface area contributed by atoms with Crippen LogP contribution < -0.4 is 5.49 Å². The lowest BCUT2D eigenvalue weighted by Gasteiger charge is -2.06. The number of nitrogens with one attached hydrogen (secondary N) is 1. The van der Waals surface area contributed by atoms with E-state index in [4.69, 9.17) is 9.83 Å². The molecule has 4 heterocycles. The van der Waals surface area contributed by atoms with E-state index in [2.05, 4.69) is 15.0 Å². The number of fused-ring (bicyclic) bond motifs is 2. The number of nitrogens with zero attached hydrogens (tertiary/aromatic N) is 5. The van der Waals surface area contributed by atoms with Crippen LogP contribution in [-0.4, -0.2) is 24.1 Å². The Bertz CT molecular complexity index is 1040. The zero-order chi connectivity index (χ0) is 15.3. The van der Waals surface area contributed by atoms with Gasteiger partial charge in [0.2, 0.25) is 0 Å². The fraction of sp³-hybridized carbons (Fsp3) is 0.200. The molecule has 0 saturated heterocycles. The Morgan fingerprint density at radius 3 is 2.95 bits per heavy atom. The van der Waals surface area contributed by atoms with Crippen LogP contribution in [-0.2, 0) is 13.6 Å². The van der Waals surface area contributed by atoms with E-state index in [9.17, 15) is 0 Å². The van der Waals surface area contributed by atoms with Crippen molar-refractivity contribution in [2.75, 3.05) is 0 Å². The van der Waals surface area contributed by atoms with E-state index in [0.717, 1.165) is 22.7 Å². The van der Waals surface area contributed by atoms with Crippen LogP contribution in [0.15, 0.2) is 35.2 Å². The van der Waals surface area contributed by atoms with Crippen LogP contribution in [0.1, 0.15) is 11.6 Å². The van der Waals surface area contributed by atoms with E-state index in [0.29, 0.717) is 23.1 Å². The van der Waals surface area contributed by atoms with Crippen LogP contribution in [0.3, 0.4) is 0 Å². The number of aryl methyl sites for hydroxylation is 2. The summed E-state index contributed by atoms with van der Waals surface area (Å²) in [6, 6.07) is 5.58. The van der Waals surface area contributed by atoms with Crippen molar-refractivity contribution in [3.63, 3.8) is 0 Å². The first-order chi connectivity index (χ1) is 10.6. The van der Waals surface area contributed by atoms with Crippen molar-refractivity contribution in [2.45, 2.75) is 13.5 Å². The second-order valence-electron chi connectivity index (χ2n) is 5.22. The summed E-state index contributed by atoms with van der Waals surface area (Å²) in [6.07, 6.45) is 3.24. The quantitative estimate of drug-likeness (QED) is 0.610. The maximum atomic E-state index is 8.38. The molecule has 4 rings (SSSR count). The number of hydrogen-bond donors (Lipinski definition) is 1. The van der Waals surface area contributed by atoms with Gasteiger partial charge in [-0.05, 0) is 25.1 Å². The van der Waals surface area contributed by atoms with Gasteiger partial charge in [0, 0.05) is 7.05 Å². The summed E-state index contributed by atoms with van der Waals surface area (Å²) in [5.41, 5.74) is 2.45. The maximum absolute atomic E-state index is 8.38. The summed E-state index contributed by atoms with van der Waals surface area (Å²) in [7, 11) is 1.92. The second kappa shape index (κ2) is 4.52. The average Bonchev–Trinajstić information content (AvgIpc) is 3.11. The molecule has 0 bridgehead atoms. The van der Waals surface area contributed by atoms with Gasteiger partial charge in [-0.3, -0.25) is 5.41 Å². The fourth-order valence-corrected chi connectivity index (χ4v) is 2.52. The SMILES string of the molecule is Cc1nc2cc3c(=N)n(Cc4ccco4)cnc3nc2n1C. The number of rotatable bonds is 2. The van der Waals surface area contributed by atoms with E-state index in [1.807, 2.05) is 36.7 Å². The standard InChI is InChI=1S/C15H14N6O/c1-9-18-12-6-11-13(16)21(7-10-4-3-5-22-10)8-17-14(11)19-15(12)20(9)2/h3-6,8,16H,7H2,1-2H3. The molecule has 110 valence electrons. The molecule has 1 N–H and O–H groups in total. The van der Waals surface area contributed by atoms with Crippen molar-refractivity contribution in [1.29, 1.82) is 5.41 Å². The summed E-state index contributed by atoms with van der Waals surface area (Å²) < 4.78 is 8.98. The molecule has 0 aliphatic heterocycles. The second-order valence-corrected chi connectivity index (χ2v) is 5.22. The summed E-state index contributed by atoms with van der Waals surface area (Å²) in [5.74, 6) is 1.66. The van der Waals surface area contributed by atoms with Crippen molar-refractivity contribution < 1.29 is 4.42 Å². The highest BCUT2D eigenvalue weighted by Crippen LogP contribution is 2.16. The predicted molar refractivity (Wildman–Crippen MR) is 80.2 cm³/mol. The summed E-state index contributed by atoms with van der Waals surface area (Å²) >= 11 is 0. The lowest BCUT2D eigenvalue weighted by Crippen LogP contribution is -2.21. The van der Waals surface area contributed by atoms with E-state index in [1.54, 1.807) is 17.2 Å². The minimum absolute atomic E-state index is 0.346. The number of aromatic nitrogens is 5. The number of furan rings is 1. The summed E-state index contributed by atoms with van der Waals surface area (Å²) in [5, 5.41) is 9.06. The number of imidazole rings is 1. The van der Waals surface area contributed by atoms with Gasteiger partial charge in [-0.2, -0.15) is 0 Å². The predicted octanol–water partition coefficient (Wildman–Crippen LogP) is 1.75. The molecule has 0 fully saturated rings. The minimum Gasteiger partial charge on any atom is -0.467 e. The highest BCUT2D eigenvalue weighted by molar-refractivity contribution is 5.86. The zero-order valence-electron chi connectivity index (χ0n) is 12.2. The van der Waals surface area contributed by atoms with Crippen molar-refractivity contribution in [1.82, 2.24) is 24.1 Å². The minimum atomic E-state index is 0.346. The molecule has 7 nitrogen and oxygen atoms in total. The molecule has 0 aliphatic carbocycles. The monoisotopic (exact) mass is 294 g/mol. The molecule has 0 spiro atoms. The number of hydrogen-bond acceptors (Lipinski definition) is 5. The van der Waals surface area contributed by atoms with Crippen LogP contribution in [0.2, 0.25) is 0 Å². The number of pyridine rings is 1. The summed E-state index contributed by atoms with van der Waals surface area (Å²) in [6.45, 7) is 2.40. The van der Waals surface area contributed by atoms with Crippen molar-refractivity contribution >= 4 is 22.2 Å². The van der Waals surface area contributed by atoms with Crippen LogP contribution in [0.25, 0.3) is 22.2 Å². The Balaban J connectivity index is 1.94. The molecule has 0 amide bonds. The third-order valence-corrected chi connectivity index (χ3v) is 3.82. The van der Waals surface area contributed by atoms with Gasteiger partial charge in [0.05, 0.1) is 24.5 Å². The van der Waals surface area contributed by atoms with E-state index in [-0.39, 0.29) is 0 Å². The molecular weight excluding hydrogens is 280 g/mol.